The third-order valence-electron chi connectivity index (χ3n) is 5.58. The van der Waals surface area contributed by atoms with Crippen LogP contribution in [0.4, 0.5) is 4.39 Å². The maximum atomic E-state index is 13.4. The van der Waals surface area contributed by atoms with E-state index in [1.807, 2.05) is 13.0 Å². The first-order valence-electron chi connectivity index (χ1n) is 10.3. The molecule has 4 aromatic heterocycles. The summed E-state index contributed by atoms with van der Waals surface area (Å²) in [7, 11) is -4.24. The van der Waals surface area contributed by atoms with Crippen LogP contribution in [0, 0.1) is 18.2 Å². The molecule has 10 heteroatoms. The molecule has 34 heavy (non-hydrogen) atoms. The van der Waals surface area contributed by atoms with E-state index in [0.717, 1.165) is 29.8 Å². The van der Waals surface area contributed by atoms with Crippen LogP contribution in [-0.4, -0.2) is 27.4 Å². The number of hydrogen-bond acceptors (Lipinski definition) is 6. The van der Waals surface area contributed by atoms with Crippen LogP contribution in [0.1, 0.15) is 11.1 Å². The monoisotopic (exact) mass is 475 g/mol. The zero-order valence-electron chi connectivity index (χ0n) is 17.9. The van der Waals surface area contributed by atoms with Gasteiger partial charge in [-0.2, -0.15) is 0 Å². The summed E-state index contributed by atoms with van der Waals surface area (Å²) in [5.74, 6) is -0.584. The van der Waals surface area contributed by atoms with E-state index in [4.69, 9.17) is 5.41 Å². The van der Waals surface area contributed by atoms with E-state index >= 15 is 0 Å². The predicted molar refractivity (Wildman–Crippen MR) is 123 cm³/mol. The maximum absolute atomic E-state index is 13.4. The summed E-state index contributed by atoms with van der Waals surface area (Å²) in [6.45, 7) is 1.89. The van der Waals surface area contributed by atoms with Gasteiger partial charge in [-0.25, -0.2) is 17.8 Å². The lowest BCUT2D eigenvalue weighted by molar-refractivity contribution is 0.590. The highest BCUT2D eigenvalue weighted by Crippen LogP contribution is 2.22. The molecular formula is C24H18FN5O3S. The maximum Gasteiger partial charge on any atom is 0.267 e. The predicted octanol–water partition coefficient (Wildman–Crippen LogP) is 2.85. The Hall–Kier alpha value is -4.18. The van der Waals surface area contributed by atoms with Crippen molar-refractivity contribution < 1.29 is 12.8 Å². The zero-order valence-corrected chi connectivity index (χ0v) is 18.8. The van der Waals surface area contributed by atoms with Crippen LogP contribution in [0.5, 0.6) is 0 Å². The highest BCUT2D eigenvalue weighted by atomic mass is 32.2. The quantitative estimate of drug-likeness (QED) is 0.318. The lowest BCUT2D eigenvalue weighted by atomic mass is 10.2. The second kappa shape index (κ2) is 7.99. The normalized spacial score (nSPS) is 11.8. The van der Waals surface area contributed by atoms with Crippen molar-refractivity contribution in [2.75, 3.05) is 0 Å². The van der Waals surface area contributed by atoms with Crippen LogP contribution in [0.15, 0.2) is 87.8 Å². The lowest BCUT2D eigenvalue weighted by Crippen LogP contribution is -2.30. The Labute approximate surface area is 193 Å². The van der Waals surface area contributed by atoms with Gasteiger partial charge in [-0.1, -0.05) is 12.1 Å². The first kappa shape index (κ1) is 21.7. The SMILES string of the molecule is Cc1cccn2c(=O)c3cc(S(=O)(=O)c4ccc(F)cc4)c(=N)n(Cc4cccnc4)c3nc12. The van der Waals surface area contributed by atoms with E-state index < -0.39 is 21.2 Å². The van der Waals surface area contributed by atoms with Gasteiger partial charge in [-0.15, -0.1) is 0 Å². The summed E-state index contributed by atoms with van der Waals surface area (Å²) in [4.78, 5) is 21.6. The number of nitrogens with zero attached hydrogens (tertiary/aromatic N) is 4. The fourth-order valence-corrected chi connectivity index (χ4v) is 5.23. The molecule has 0 saturated heterocycles. The van der Waals surface area contributed by atoms with Gasteiger partial charge in [0.1, 0.15) is 27.5 Å². The van der Waals surface area contributed by atoms with Gasteiger partial charge in [0.05, 0.1) is 16.8 Å². The summed E-state index contributed by atoms with van der Waals surface area (Å²) in [5.41, 5.74) is 1.25. The van der Waals surface area contributed by atoms with Crippen molar-refractivity contribution in [2.45, 2.75) is 23.3 Å². The van der Waals surface area contributed by atoms with E-state index in [1.54, 1.807) is 36.8 Å². The number of benzene rings is 1. The summed E-state index contributed by atoms with van der Waals surface area (Å²) >= 11 is 0. The molecule has 0 saturated carbocycles. The molecule has 0 fully saturated rings. The molecule has 0 aliphatic rings. The summed E-state index contributed by atoms with van der Waals surface area (Å²) in [5, 5.41) is 8.84. The topological polar surface area (TPSA) is 110 Å². The molecule has 0 aliphatic carbocycles. The number of pyridine rings is 3. The summed E-state index contributed by atoms with van der Waals surface area (Å²) in [6, 6.07) is 12.5. The smallest absolute Gasteiger partial charge is 0.267 e. The number of hydrogen-bond donors (Lipinski definition) is 1. The van der Waals surface area contributed by atoms with Crippen molar-refractivity contribution in [3.63, 3.8) is 0 Å². The van der Waals surface area contributed by atoms with E-state index in [9.17, 15) is 17.6 Å². The van der Waals surface area contributed by atoms with Crippen molar-refractivity contribution in [3.05, 3.63) is 106 Å². The highest BCUT2D eigenvalue weighted by molar-refractivity contribution is 7.91. The molecule has 0 bridgehead atoms. The number of aromatic nitrogens is 4. The second-order valence-electron chi connectivity index (χ2n) is 7.80. The molecule has 5 rings (SSSR count). The molecule has 1 aromatic carbocycles. The Morgan fingerprint density at radius 1 is 1.06 bits per heavy atom. The Kier molecular flexibility index (Phi) is 5.09. The van der Waals surface area contributed by atoms with Crippen LogP contribution in [-0.2, 0) is 16.4 Å². The summed E-state index contributed by atoms with van der Waals surface area (Å²) in [6.07, 6.45) is 4.76. The van der Waals surface area contributed by atoms with Crippen molar-refractivity contribution in [3.8, 4) is 0 Å². The number of halogens is 1. The zero-order chi connectivity index (χ0) is 24.0. The van der Waals surface area contributed by atoms with Gasteiger partial charge >= 0.3 is 0 Å². The Morgan fingerprint density at radius 2 is 1.82 bits per heavy atom. The van der Waals surface area contributed by atoms with Gasteiger partial charge in [-0.3, -0.25) is 19.6 Å². The third-order valence-corrected chi connectivity index (χ3v) is 7.36. The fraction of sp³-hybridized carbons (Fsp3) is 0.0833. The minimum absolute atomic E-state index is 0.0451. The highest BCUT2D eigenvalue weighted by Gasteiger charge is 2.24. The van der Waals surface area contributed by atoms with Crippen LogP contribution < -0.4 is 11.0 Å². The van der Waals surface area contributed by atoms with Gasteiger partial charge in [0.15, 0.2) is 0 Å². The van der Waals surface area contributed by atoms with E-state index in [2.05, 4.69) is 9.97 Å². The largest absolute Gasteiger partial charge is 0.305 e. The molecule has 0 unspecified atom stereocenters. The molecule has 1 N–H and O–H groups in total. The first-order chi connectivity index (χ1) is 16.3. The third kappa shape index (κ3) is 3.48. The number of fused-ring (bicyclic) bond motifs is 2. The van der Waals surface area contributed by atoms with Gasteiger partial charge in [0, 0.05) is 18.6 Å². The molecule has 0 aliphatic heterocycles. The lowest BCUT2D eigenvalue weighted by Gasteiger charge is -2.15. The minimum Gasteiger partial charge on any atom is -0.305 e. The van der Waals surface area contributed by atoms with Crippen LogP contribution in [0.2, 0.25) is 0 Å². The fourth-order valence-electron chi connectivity index (χ4n) is 3.84. The molecule has 0 atom stereocenters. The van der Waals surface area contributed by atoms with Crippen LogP contribution >= 0.6 is 0 Å². The summed E-state index contributed by atoms with van der Waals surface area (Å²) < 4.78 is 43.0. The standard InChI is InChI=1S/C24H18FN5O3S/c1-15-4-3-11-29-22(15)28-23-19(24(29)31)12-20(34(32,33)18-8-6-17(25)7-9-18)21(26)30(23)14-16-5-2-10-27-13-16/h2-13,26H,14H2,1H3. The molecule has 0 amide bonds. The Morgan fingerprint density at radius 3 is 2.53 bits per heavy atom. The van der Waals surface area contributed by atoms with Gasteiger partial charge < -0.3 is 4.57 Å². The number of sulfone groups is 1. The van der Waals surface area contributed by atoms with Crippen molar-refractivity contribution in [1.82, 2.24) is 18.9 Å². The van der Waals surface area contributed by atoms with Crippen molar-refractivity contribution >= 4 is 26.5 Å². The van der Waals surface area contributed by atoms with Gasteiger partial charge in [-0.05, 0) is 60.5 Å². The molecule has 170 valence electrons. The van der Waals surface area contributed by atoms with Gasteiger partial charge in [0.2, 0.25) is 9.84 Å². The number of nitrogens with one attached hydrogen (secondary N) is 1. The van der Waals surface area contributed by atoms with Crippen LogP contribution in [0.3, 0.4) is 0 Å². The molecule has 4 heterocycles. The van der Waals surface area contributed by atoms with E-state index in [1.165, 1.54) is 15.0 Å². The molecular weight excluding hydrogens is 457 g/mol. The first-order valence-corrected chi connectivity index (χ1v) is 11.8. The van der Waals surface area contributed by atoms with Crippen LogP contribution in [0.25, 0.3) is 16.7 Å². The number of aryl methyl sites for hydroxylation is 1. The number of rotatable bonds is 4. The molecule has 0 spiro atoms. The molecule has 8 nitrogen and oxygen atoms in total. The average Bonchev–Trinajstić information content (AvgIpc) is 2.82. The Bertz CT molecular complexity index is 1800. The molecule has 0 radical (unpaired) electrons. The minimum atomic E-state index is -4.24. The second-order valence-corrected chi connectivity index (χ2v) is 9.72. The Balaban J connectivity index is 1.89. The van der Waals surface area contributed by atoms with Crippen molar-refractivity contribution in [2.24, 2.45) is 0 Å². The average molecular weight is 476 g/mol. The van der Waals surface area contributed by atoms with Crippen molar-refractivity contribution in [1.29, 1.82) is 5.41 Å². The van der Waals surface area contributed by atoms with E-state index in [-0.39, 0.29) is 32.9 Å². The molecule has 5 aromatic rings. The van der Waals surface area contributed by atoms with Gasteiger partial charge in [0.25, 0.3) is 5.56 Å². The van der Waals surface area contributed by atoms with E-state index in [0.29, 0.717) is 11.2 Å².